The maximum absolute atomic E-state index is 14.0. The Balaban J connectivity index is 1.15. The molecule has 2 aromatic rings. The van der Waals surface area contributed by atoms with Gasteiger partial charge in [0.05, 0.1) is 0 Å². The summed E-state index contributed by atoms with van der Waals surface area (Å²) in [5.74, 6) is -5.78. The largest absolute Gasteiger partial charge is 0.460 e. The van der Waals surface area contributed by atoms with Crippen molar-refractivity contribution in [1.29, 1.82) is 0 Å². The summed E-state index contributed by atoms with van der Waals surface area (Å²) in [4.78, 5) is 136. The number of hydroxylamine groups is 2. The molecular weight excluding hydrogens is 983 g/mol. The molecule has 418 valence electrons. The molecule has 3 aliphatic rings. The third-order valence-electron chi connectivity index (χ3n) is 13.2. The van der Waals surface area contributed by atoms with E-state index in [4.69, 9.17) is 19.0 Å². The highest BCUT2D eigenvalue weighted by atomic mass is 16.7. The normalized spacial score (nSPS) is 18.7. The summed E-state index contributed by atoms with van der Waals surface area (Å²) < 4.78 is 16.5. The third-order valence-corrected chi connectivity index (χ3v) is 13.2. The van der Waals surface area contributed by atoms with E-state index >= 15 is 0 Å². The van der Waals surface area contributed by atoms with E-state index in [1.807, 2.05) is 42.5 Å². The van der Waals surface area contributed by atoms with Crippen LogP contribution in [0.15, 0.2) is 42.5 Å². The van der Waals surface area contributed by atoms with Crippen molar-refractivity contribution in [1.82, 2.24) is 37.2 Å². The number of hydrogen-bond donors (Lipinski definition) is 6. The lowest BCUT2D eigenvalue weighted by Crippen LogP contribution is -2.56. The number of imide groups is 1. The Labute approximate surface area is 445 Å². The van der Waals surface area contributed by atoms with Gasteiger partial charge in [0.1, 0.15) is 40.3 Å². The Bertz CT molecular complexity index is 2430. The van der Waals surface area contributed by atoms with Crippen LogP contribution in [0.3, 0.4) is 0 Å². The van der Waals surface area contributed by atoms with E-state index in [-0.39, 0.29) is 75.7 Å². The third kappa shape index (κ3) is 18.6. The number of ether oxygens (including phenoxy) is 3. The van der Waals surface area contributed by atoms with E-state index in [9.17, 15) is 47.9 Å². The molecule has 0 radical (unpaired) electrons. The van der Waals surface area contributed by atoms with Gasteiger partial charge in [-0.3, -0.25) is 34.2 Å². The predicted octanol–water partition coefficient (Wildman–Crippen LogP) is 5.20. The summed E-state index contributed by atoms with van der Waals surface area (Å²) in [5, 5.41) is 13.6. The average molecular weight is 1060 g/mol. The number of carbonyl (C=O) groups excluding carboxylic acids is 10. The molecule has 76 heavy (non-hydrogen) atoms. The van der Waals surface area contributed by atoms with Gasteiger partial charge in [0.25, 0.3) is 17.7 Å². The summed E-state index contributed by atoms with van der Waals surface area (Å²) >= 11 is 0. The van der Waals surface area contributed by atoms with Crippen LogP contribution < -0.4 is 32.1 Å². The smallest absolute Gasteiger partial charge is 0.348 e. The zero-order chi connectivity index (χ0) is 56.0. The number of carbonyl (C=O) groups is 10. The molecule has 21 nitrogen and oxygen atoms in total. The van der Waals surface area contributed by atoms with Gasteiger partial charge in [0.15, 0.2) is 0 Å². The molecule has 1 saturated heterocycles. The number of hydrogen-bond acceptors (Lipinski definition) is 15. The Kier molecular flexibility index (Phi) is 20.9. The van der Waals surface area contributed by atoms with E-state index in [1.165, 1.54) is 0 Å². The van der Waals surface area contributed by atoms with Gasteiger partial charge in [-0.2, -0.15) is 0 Å². The van der Waals surface area contributed by atoms with E-state index in [1.54, 1.807) is 62.3 Å². The average Bonchev–Trinajstić information content (AvgIpc) is 3.62. The first-order chi connectivity index (χ1) is 35.6. The molecule has 0 spiro atoms. The summed E-state index contributed by atoms with van der Waals surface area (Å²) in [6, 6.07) is 9.52. The van der Waals surface area contributed by atoms with Crippen LogP contribution in [-0.4, -0.2) is 113 Å². The Morgan fingerprint density at radius 1 is 0.684 bits per heavy atom. The summed E-state index contributed by atoms with van der Waals surface area (Å²) in [6.45, 7) is 15.8. The second-order valence-corrected chi connectivity index (χ2v) is 23.1. The van der Waals surface area contributed by atoms with Gasteiger partial charge in [-0.05, 0) is 149 Å². The highest BCUT2D eigenvalue weighted by Gasteiger charge is 2.54. The van der Waals surface area contributed by atoms with Crippen LogP contribution in [0.4, 0.5) is 4.79 Å². The first kappa shape index (κ1) is 60.2. The van der Waals surface area contributed by atoms with E-state index < -0.39 is 93.9 Å². The molecule has 2 aromatic carbocycles. The number of amides is 7. The highest BCUT2D eigenvalue weighted by Crippen LogP contribution is 2.43. The molecule has 1 heterocycles. The van der Waals surface area contributed by atoms with Gasteiger partial charge < -0.3 is 40.3 Å². The van der Waals surface area contributed by atoms with Crippen LogP contribution in [0.25, 0.3) is 10.8 Å². The number of rotatable bonds is 23. The topological polar surface area (TPSA) is 283 Å². The van der Waals surface area contributed by atoms with Gasteiger partial charge in [-0.15, -0.1) is 5.06 Å². The molecule has 0 aromatic heterocycles. The van der Waals surface area contributed by atoms with Crippen molar-refractivity contribution in [2.45, 2.75) is 194 Å². The number of unbranched alkanes of at least 4 members (excludes halogenated alkanes) is 1. The molecule has 3 atom stereocenters. The van der Waals surface area contributed by atoms with Gasteiger partial charge in [0.2, 0.25) is 11.8 Å². The molecule has 2 saturated carbocycles. The standard InChI is InChI=1S/C55H79N7O14/c1-52(2,3)73-44(65)27-24-40(48(69)75-54(7,8)9)60-51(72)59-39(47(68)74-53(4,5)6)17-12-13-30-56-46(67)41(32-35-20-21-36-15-10-11-16-38(36)31-35)58-45(66)37-22-18-34(19-23-37)33-57-61-49(70)55(28-14-29-55)50(71)76-62-42(63)25-26-43(62)64/h10-11,15-16,20-21,31,34,37,39-41,57H,12-14,17-19,22-30,32-33H2,1-9H3,(H,56,67)(H,58,66)(H,61,70)(H2,59,60,72)/t34?,37?,39-,40-,41-/m0/s1. The minimum Gasteiger partial charge on any atom is -0.460 e. The summed E-state index contributed by atoms with van der Waals surface area (Å²) in [7, 11) is 0. The molecule has 2 aliphatic carbocycles. The molecule has 0 bridgehead atoms. The second-order valence-electron chi connectivity index (χ2n) is 23.1. The van der Waals surface area contributed by atoms with Gasteiger partial charge >= 0.3 is 29.9 Å². The quantitative estimate of drug-likeness (QED) is 0.0208. The van der Waals surface area contributed by atoms with Crippen LogP contribution >= 0.6 is 0 Å². The second kappa shape index (κ2) is 26.4. The van der Waals surface area contributed by atoms with Crippen LogP contribution in [0, 0.1) is 17.3 Å². The number of esters is 3. The zero-order valence-electron chi connectivity index (χ0n) is 45.6. The Hall–Kier alpha value is -6.64. The number of fused-ring (bicyclic) bond motifs is 1. The van der Waals surface area contributed by atoms with Crippen molar-refractivity contribution in [3.05, 3.63) is 48.0 Å². The lowest BCUT2D eigenvalue weighted by molar-refractivity contribution is -0.209. The molecule has 0 unspecified atom stereocenters. The van der Waals surface area contributed by atoms with Gasteiger partial charge in [0, 0.05) is 44.7 Å². The van der Waals surface area contributed by atoms with Crippen molar-refractivity contribution < 1.29 is 67.0 Å². The fraction of sp³-hybridized carbons (Fsp3) is 0.636. The molecule has 5 rings (SSSR count). The minimum absolute atomic E-state index is 0.0574. The van der Waals surface area contributed by atoms with E-state index in [2.05, 4.69) is 32.1 Å². The SMILES string of the molecule is CC(C)(C)OC(=O)CC[C@H](NC(=O)N[C@@H](CCCCNC(=O)[C@H](Cc1ccc2ccccc2c1)NC(=O)C1CCC(CNNC(=O)C2(C(=O)ON3C(=O)CCC3=O)CCC2)CC1)C(=O)OC(C)(C)C)C(=O)OC(C)(C)C. The molecular formula is C55H79N7O14. The van der Waals surface area contributed by atoms with Crippen LogP contribution in [-0.2, 0) is 68.6 Å². The maximum atomic E-state index is 14.0. The number of hydrazine groups is 1. The fourth-order valence-corrected chi connectivity index (χ4v) is 9.07. The summed E-state index contributed by atoms with van der Waals surface area (Å²) in [6.07, 6.45) is 4.00. The lowest BCUT2D eigenvalue weighted by Gasteiger charge is -2.37. The number of nitrogens with one attached hydrogen (secondary N) is 6. The van der Waals surface area contributed by atoms with Crippen LogP contribution in [0.5, 0.6) is 0 Å². The van der Waals surface area contributed by atoms with Crippen molar-refractivity contribution in [3.8, 4) is 0 Å². The molecule has 1 aliphatic heterocycles. The van der Waals surface area contributed by atoms with Crippen LogP contribution in [0.1, 0.15) is 158 Å². The van der Waals surface area contributed by atoms with Gasteiger partial charge in [-0.25, -0.2) is 24.6 Å². The number of nitrogens with zero attached hydrogens (tertiary/aromatic N) is 1. The molecule has 3 fully saturated rings. The Morgan fingerprint density at radius 2 is 1.26 bits per heavy atom. The predicted molar refractivity (Wildman–Crippen MR) is 278 cm³/mol. The molecule has 6 N–H and O–H groups in total. The zero-order valence-corrected chi connectivity index (χ0v) is 45.6. The van der Waals surface area contributed by atoms with E-state index in [0.29, 0.717) is 56.6 Å². The first-order valence-electron chi connectivity index (χ1n) is 26.5. The molecule has 7 amide bonds. The fourth-order valence-electron chi connectivity index (χ4n) is 9.07. The minimum atomic E-state index is -1.50. The maximum Gasteiger partial charge on any atom is 0.348 e. The van der Waals surface area contributed by atoms with Gasteiger partial charge in [-0.1, -0.05) is 48.9 Å². The number of benzene rings is 2. The highest BCUT2D eigenvalue weighted by molar-refractivity contribution is 6.06. The first-order valence-corrected chi connectivity index (χ1v) is 26.5. The lowest BCUT2D eigenvalue weighted by atomic mass is 9.68. The monoisotopic (exact) mass is 1060 g/mol. The number of urea groups is 1. The Morgan fingerprint density at radius 3 is 1.83 bits per heavy atom. The molecule has 21 heteroatoms. The van der Waals surface area contributed by atoms with Crippen LogP contribution in [0.2, 0.25) is 0 Å². The van der Waals surface area contributed by atoms with Crippen molar-refractivity contribution >= 4 is 70.2 Å². The van der Waals surface area contributed by atoms with E-state index in [0.717, 1.165) is 16.3 Å². The van der Waals surface area contributed by atoms with Crippen molar-refractivity contribution in [2.75, 3.05) is 13.1 Å². The summed E-state index contributed by atoms with van der Waals surface area (Å²) in [5.41, 5.74) is 2.34. The van der Waals surface area contributed by atoms with Crippen molar-refractivity contribution in [2.24, 2.45) is 17.3 Å². The van der Waals surface area contributed by atoms with Crippen molar-refractivity contribution in [3.63, 3.8) is 0 Å².